The van der Waals surface area contributed by atoms with Gasteiger partial charge in [0.15, 0.2) is 0 Å². The zero-order valence-electron chi connectivity index (χ0n) is 11.1. The predicted octanol–water partition coefficient (Wildman–Crippen LogP) is 3.55. The van der Waals surface area contributed by atoms with Crippen LogP contribution in [0.3, 0.4) is 0 Å². The maximum absolute atomic E-state index is 3.88. The van der Waals surface area contributed by atoms with E-state index in [2.05, 4.69) is 42.6 Å². The molecule has 0 saturated heterocycles. The van der Waals surface area contributed by atoms with Crippen LogP contribution in [0.5, 0.6) is 0 Å². The van der Waals surface area contributed by atoms with Crippen molar-refractivity contribution in [1.82, 2.24) is 5.32 Å². The minimum Gasteiger partial charge on any atom is -0.308 e. The highest BCUT2D eigenvalue weighted by Gasteiger charge is 2.56. The summed E-state index contributed by atoms with van der Waals surface area (Å²) in [6.45, 7) is 2.35. The molecule has 1 heteroatoms. The lowest BCUT2D eigenvalue weighted by molar-refractivity contribution is -0.0570. The van der Waals surface area contributed by atoms with E-state index in [9.17, 15) is 0 Å². The first-order chi connectivity index (χ1) is 8.74. The second-order valence-electron chi connectivity index (χ2n) is 6.60. The number of hydrogen-bond donors (Lipinski definition) is 1. The van der Waals surface area contributed by atoms with Crippen molar-refractivity contribution < 1.29 is 0 Å². The van der Waals surface area contributed by atoms with Gasteiger partial charge in [0, 0.05) is 11.6 Å². The van der Waals surface area contributed by atoms with E-state index in [4.69, 9.17) is 0 Å². The Morgan fingerprint density at radius 3 is 2.78 bits per heavy atom. The molecule has 0 heterocycles. The molecule has 0 aliphatic heterocycles. The fourth-order valence-corrected chi connectivity index (χ4v) is 4.11. The number of nitrogens with one attached hydrogen (secondary N) is 1. The van der Waals surface area contributed by atoms with Gasteiger partial charge in [-0.2, -0.15) is 0 Å². The molecule has 1 N–H and O–H groups in total. The summed E-state index contributed by atoms with van der Waals surface area (Å²) in [6.07, 6.45) is 9.05. The molecule has 0 aromatic heterocycles. The van der Waals surface area contributed by atoms with Crippen LogP contribution in [0.4, 0.5) is 0 Å². The monoisotopic (exact) mass is 239 g/mol. The van der Waals surface area contributed by atoms with Gasteiger partial charge in [0.2, 0.25) is 0 Å². The number of hydrogen-bond acceptors (Lipinski definition) is 1. The summed E-state index contributed by atoms with van der Waals surface area (Å²) in [5, 5.41) is 3.88. The summed E-state index contributed by atoms with van der Waals surface area (Å²) in [4.78, 5) is 0. The summed E-state index contributed by atoms with van der Waals surface area (Å²) < 4.78 is 0. The third-order valence-corrected chi connectivity index (χ3v) is 5.05. The van der Waals surface area contributed by atoms with E-state index in [-0.39, 0.29) is 0 Å². The Morgan fingerprint density at radius 2 is 2.06 bits per heavy atom. The minimum absolute atomic E-state index is 0.558. The van der Waals surface area contributed by atoms with Crippen molar-refractivity contribution in [3.8, 4) is 0 Å². The highest BCUT2D eigenvalue weighted by molar-refractivity contribution is 5.73. The zero-order valence-corrected chi connectivity index (χ0v) is 11.1. The minimum atomic E-state index is 0.558. The molecule has 4 aliphatic rings. The second kappa shape index (κ2) is 3.71. The van der Waals surface area contributed by atoms with Gasteiger partial charge in [-0.05, 0) is 61.6 Å². The molecular formula is C17H21N. The normalized spacial score (nSPS) is 33.2. The van der Waals surface area contributed by atoms with Crippen LogP contribution in [0, 0.1) is 5.92 Å². The Balaban J connectivity index is 1.43. The molecule has 3 saturated carbocycles. The molecule has 0 spiro atoms. The highest BCUT2D eigenvalue weighted by atomic mass is 15.1. The maximum atomic E-state index is 3.88. The Labute approximate surface area is 109 Å². The number of benzene rings is 1. The topological polar surface area (TPSA) is 12.0 Å². The molecule has 94 valence electrons. The Morgan fingerprint density at radius 1 is 1.28 bits per heavy atom. The summed E-state index contributed by atoms with van der Waals surface area (Å²) >= 11 is 0. The largest absolute Gasteiger partial charge is 0.308 e. The van der Waals surface area contributed by atoms with Gasteiger partial charge < -0.3 is 5.32 Å². The molecule has 1 aromatic carbocycles. The van der Waals surface area contributed by atoms with E-state index in [1.165, 1.54) is 36.8 Å². The molecule has 18 heavy (non-hydrogen) atoms. The molecule has 1 nitrogen and oxygen atoms in total. The number of fused-ring (bicyclic) bond motifs is 1. The van der Waals surface area contributed by atoms with Crippen molar-refractivity contribution in [2.75, 3.05) is 0 Å². The van der Waals surface area contributed by atoms with Gasteiger partial charge >= 0.3 is 0 Å². The number of rotatable bonds is 4. The first-order valence-corrected chi connectivity index (χ1v) is 7.29. The van der Waals surface area contributed by atoms with Crippen LogP contribution < -0.4 is 5.32 Å². The molecule has 0 unspecified atom stereocenters. The van der Waals surface area contributed by atoms with Crippen molar-refractivity contribution >= 4 is 5.57 Å². The van der Waals surface area contributed by atoms with Gasteiger partial charge in [0.1, 0.15) is 0 Å². The second-order valence-corrected chi connectivity index (χ2v) is 6.60. The maximum Gasteiger partial charge on any atom is 0.0192 e. The van der Waals surface area contributed by atoms with Crippen molar-refractivity contribution in [2.45, 2.75) is 50.6 Å². The lowest BCUT2D eigenvalue weighted by atomic mass is 9.49. The molecule has 0 radical (unpaired) electrons. The van der Waals surface area contributed by atoms with Crippen LogP contribution in [0.1, 0.15) is 43.7 Å². The van der Waals surface area contributed by atoms with Gasteiger partial charge in [-0.3, -0.25) is 0 Å². The fourth-order valence-electron chi connectivity index (χ4n) is 4.11. The molecule has 1 aromatic rings. The van der Waals surface area contributed by atoms with E-state index < -0.39 is 0 Å². The smallest absolute Gasteiger partial charge is 0.0192 e. The van der Waals surface area contributed by atoms with Gasteiger partial charge in [0.05, 0.1) is 0 Å². The Bertz CT molecular complexity index is 497. The standard InChI is InChI=1S/C17H21N/c1-12(18-17-9-13(10-17)11-17)8-15-7-6-14-4-2-3-5-16(14)15/h2-5,7,12-13,18H,6,8-11H2,1H3/t12-,13?,17?/m1/s1. The average Bonchev–Trinajstić information content (AvgIpc) is 2.66. The number of allylic oxidation sites excluding steroid dienone is 1. The molecular weight excluding hydrogens is 218 g/mol. The van der Waals surface area contributed by atoms with Crippen LogP contribution in [0.25, 0.3) is 5.57 Å². The SMILES string of the molecule is C[C@H](CC1=CCc2ccccc21)NC12CC(C1)C2. The first-order valence-electron chi connectivity index (χ1n) is 7.29. The fraction of sp³-hybridized carbons (Fsp3) is 0.529. The van der Waals surface area contributed by atoms with Gasteiger partial charge in [-0.25, -0.2) is 0 Å². The van der Waals surface area contributed by atoms with E-state index in [0.29, 0.717) is 11.6 Å². The van der Waals surface area contributed by atoms with Crippen LogP contribution in [-0.2, 0) is 6.42 Å². The van der Waals surface area contributed by atoms with Crippen LogP contribution in [0.15, 0.2) is 30.3 Å². The van der Waals surface area contributed by atoms with E-state index in [1.807, 2.05) is 0 Å². The summed E-state index contributed by atoms with van der Waals surface area (Å²) in [6, 6.07) is 9.47. The van der Waals surface area contributed by atoms with Crippen LogP contribution in [0.2, 0.25) is 0 Å². The highest BCUT2D eigenvalue weighted by Crippen LogP contribution is 2.57. The molecule has 1 atom stereocenters. The summed E-state index contributed by atoms with van der Waals surface area (Å²) in [5.74, 6) is 1.07. The van der Waals surface area contributed by atoms with Crippen molar-refractivity contribution in [3.63, 3.8) is 0 Å². The van der Waals surface area contributed by atoms with Gasteiger partial charge in [0.25, 0.3) is 0 Å². The van der Waals surface area contributed by atoms with Crippen LogP contribution in [-0.4, -0.2) is 11.6 Å². The summed E-state index contributed by atoms with van der Waals surface area (Å²) in [7, 11) is 0. The lowest BCUT2D eigenvalue weighted by Crippen LogP contribution is -2.68. The lowest BCUT2D eigenvalue weighted by Gasteiger charge is -2.63. The first kappa shape index (κ1) is 10.8. The third-order valence-electron chi connectivity index (χ3n) is 5.05. The Hall–Kier alpha value is -1.08. The zero-order chi connectivity index (χ0) is 12.2. The van der Waals surface area contributed by atoms with Crippen LogP contribution >= 0.6 is 0 Å². The van der Waals surface area contributed by atoms with E-state index >= 15 is 0 Å². The quantitative estimate of drug-likeness (QED) is 0.847. The predicted molar refractivity (Wildman–Crippen MR) is 75.4 cm³/mol. The van der Waals surface area contributed by atoms with Crippen molar-refractivity contribution in [1.29, 1.82) is 0 Å². The van der Waals surface area contributed by atoms with Gasteiger partial charge in [-0.1, -0.05) is 30.3 Å². The van der Waals surface area contributed by atoms with Crippen molar-refractivity contribution in [2.24, 2.45) is 5.92 Å². The molecule has 3 fully saturated rings. The molecule has 0 amide bonds. The average molecular weight is 239 g/mol. The molecule has 4 aliphatic carbocycles. The van der Waals surface area contributed by atoms with E-state index in [0.717, 1.165) is 12.3 Å². The Kier molecular flexibility index (Phi) is 2.23. The van der Waals surface area contributed by atoms with E-state index in [1.54, 1.807) is 5.57 Å². The molecule has 5 rings (SSSR count). The summed E-state index contributed by atoms with van der Waals surface area (Å²) in [5.41, 5.74) is 5.11. The van der Waals surface area contributed by atoms with Gasteiger partial charge in [-0.15, -0.1) is 0 Å². The van der Waals surface area contributed by atoms with Crippen molar-refractivity contribution in [3.05, 3.63) is 41.5 Å². The third kappa shape index (κ3) is 1.57. The molecule has 2 bridgehead atoms.